The van der Waals surface area contributed by atoms with Crippen molar-refractivity contribution in [1.82, 2.24) is 8.80 Å². The number of rotatable bonds is 14. The number of fused-ring (bicyclic) bond motifs is 12. The highest BCUT2D eigenvalue weighted by molar-refractivity contribution is 6.32. The van der Waals surface area contributed by atoms with Crippen LogP contribution < -0.4 is 9.80 Å². The van der Waals surface area contributed by atoms with Crippen molar-refractivity contribution in [3.8, 4) is 0 Å². The number of hydrogen-bond acceptors (Lipinski definition) is 2. The van der Waals surface area contributed by atoms with Crippen LogP contribution in [0.3, 0.4) is 0 Å². The summed E-state index contributed by atoms with van der Waals surface area (Å²) in [5.41, 5.74) is 20.4. The van der Waals surface area contributed by atoms with Crippen molar-refractivity contribution in [3.05, 3.63) is 204 Å². The first kappa shape index (κ1) is 44.1. The van der Waals surface area contributed by atoms with Crippen LogP contribution in [0.1, 0.15) is 101 Å². The van der Waals surface area contributed by atoms with E-state index in [2.05, 4.69) is 242 Å². The highest BCUT2D eigenvalue weighted by Gasteiger charge is 2.29. The van der Waals surface area contributed by atoms with Crippen molar-refractivity contribution in [1.29, 1.82) is 0 Å². The molecule has 354 valence electrons. The van der Waals surface area contributed by atoms with Crippen molar-refractivity contribution in [2.45, 2.75) is 91.9 Å². The third kappa shape index (κ3) is 6.71. The fourth-order valence-corrected chi connectivity index (χ4v) is 12.3. The Morgan fingerprint density at radius 2 is 0.750 bits per heavy atom. The number of anilines is 6. The molecule has 9 aromatic carbocycles. The van der Waals surface area contributed by atoms with Crippen molar-refractivity contribution < 1.29 is 0 Å². The molecule has 4 nitrogen and oxygen atoms in total. The summed E-state index contributed by atoms with van der Waals surface area (Å²) in [5, 5.41) is 10.4. The molecule has 72 heavy (non-hydrogen) atoms. The van der Waals surface area contributed by atoms with Gasteiger partial charge in [-0.15, -0.1) is 0 Å². The first-order chi connectivity index (χ1) is 35.3. The van der Waals surface area contributed by atoms with E-state index < -0.39 is 0 Å². The summed E-state index contributed by atoms with van der Waals surface area (Å²) in [4.78, 5) is 4.97. The van der Waals surface area contributed by atoms with Gasteiger partial charge in [0.05, 0.1) is 44.5 Å². The van der Waals surface area contributed by atoms with Gasteiger partial charge >= 0.3 is 0 Å². The van der Waals surface area contributed by atoms with Gasteiger partial charge in [0.1, 0.15) is 0 Å². The van der Waals surface area contributed by atoms with Gasteiger partial charge in [0.15, 0.2) is 0 Å². The zero-order valence-corrected chi connectivity index (χ0v) is 42.5. The molecule has 0 saturated carbocycles. The number of hydrogen-bond donors (Lipinski definition) is 0. The normalized spacial score (nSPS) is 12.3. The quantitative estimate of drug-likeness (QED) is 0.108. The summed E-state index contributed by atoms with van der Waals surface area (Å²) < 4.78 is 5.33. The Hall–Kier alpha value is -7.82. The lowest BCUT2D eigenvalue weighted by Crippen LogP contribution is -2.10. The molecule has 4 heteroatoms. The minimum atomic E-state index is 0.457. The molecule has 0 radical (unpaired) electrons. The lowest BCUT2D eigenvalue weighted by molar-refractivity contribution is 0.797. The largest absolute Gasteiger partial charge is 0.310 e. The first-order valence-electron chi connectivity index (χ1n) is 26.6. The fourth-order valence-electron chi connectivity index (χ4n) is 12.3. The van der Waals surface area contributed by atoms with E-state index in [1.165, 1.54) is 110 Å². The number of para-hydroxylation sites is 4. The summed E-state index contributed by atoms with van der Waals surface area (Å²) in [7, 11) is 0. The second-order valence-corrected chi connectivity index (χ2v) is 20.9. The van der Waals surface area contributed by atoms with Crippen molar-refractivity contribution in [2.24, 2.45) is 0 Å². The van der Waals surface area contributed by atoms with E-state index in [1.54, 1.807) is 0 Å². The summed E-state index contributed by atoms with van der Waals surface area (Å²) in [6.07, 6.45) is 6.65. The molecule has 0 aliphatic heterocycles. The van der Waals surface area contributed by atoms with Gasteiger partial charge < -0.3 is 18.6 Å². The number of unbranched alkanes of at least 4 members (excludes halogenated alkanes) is 2. The van der Waals surface area contributed by atoms with E-state index in [4.69, 9.17) is 0 Å². The number of benzene rings is 9. The van der Waals surface area contributed by atoms with Crippen molar-refractivity contribution in [3.63, 3.8) is 0 Å². The van der Waals surface area contributed by atoms with Crippen molar-refractivity contribution in [2.75, 3.05) is 9.80 Å². The second kappa shape index (κ2) is 17.5. The van der Waals surface area contributed by atoms with E-state index in [9.17, 15) is 0 Å². The maximum absolute atomic E-state index is 2.66. The van der Waals surface area contributed by atoms with Crippen LogP contribution in [0.2, 0.25) is 0 Å². The maximum Gasteiger partial charge on any atom is 0.0641 e. The zero-order valence-electron chi connectivity index (χ0n) is 42.5. The summed E-state index contributed by atoms with van der Waals surface area (Å²) >= 11 is 0. The third-order valence-corrected chi connectivity index (χ3v) is 15.9. The van der Waals surface area contributed by atoms with E-state index in [1.807, 2.05) is 0 Å². The number of aryl methyl sites for hydroxylation is 2. The molecule has 13 rings (SSSR count). The van der Waals surface area contributed by atoms with Gasteiger partial charge in [-0.2, -0.15) is 0 Å². The molecule has 0 saturated heterocycles. The summed E-state index contributed by atoms with van der Waals surface area (Å²) in [6, 6.07) is 69.3. The summed E-state index contributed by atoms with van der Waals surface area (Å²) in [5.74, 6) is 0.913. The lowest BCUT2D eigenvalue weighted by Gasteiger charge is -2.27. The Bertz CT molecular complexity index is 3830. The predicted molar refractivity (Wildman–Crippen MR) is 311 cm³/mol. The Kier molecular flexibility index (Phi) is 10.7. The topological polar surface area (TPSA) is 15.3 Å². The first-order valence-corrected chi connectivity index (χ1v) is 26.6. The molecule has 13 aromatic rings. The van der Waals surface area contributed by atoms with Crippen LogP contribution in [0.5, 0.6) is 0 Å². The average Bonchev–Trinajstić information content (AvgIpc) is 4.14. The van der Waals surface area contributed by atoms with E-state index in [-0.39, 0.29) is 0 Å². The predicted octanol–water partition coefficient (Wildman–Crippen LogP) is 19.9. The molecular weight excluding hydrogens is 873 g/mol. The van der Waals surface area contributed by atoms with Gasteiger partial charge in [-0.1, -0.05) is 164 Å². The molecule has 0 N–H and O–H groups in total. The molecule has 0 fully saturated rings. The molecule has 0 spiro atoms. The summed E-state index contributed by atoms with van der Waals surface area (Å²) in [6.45, 7) is 13.7. The third-order valence-electron chi connectivity index (χ3n) is 15.9. The van der Waals surface area contributed by atoms with Gasteiger partial charge in [0.25, 0.3) is 0 Å². The molecule has 0 bridgehead atoms. The fraction of sp³-hybridized carbons (Fsp3) is 0.206. The Morgan fingerprint density at radius 1 is 0.361 bits per heavy atom. The standard InChI is InChI=1S/C68H62N4/c1-7-9-19-47-21-17-27-55-63-59(69(49-23-13-11-14-24-49)51-33-29-45(30-34-51)43(3)4)39-37-53-57-42-62-58(41-61(57)71(65(47)55)67(53)63)54-38-40-60(64-56-28-18-22-48(20-10-8-2)66(56)72(62)68(54)64)70(50-25-15-12-16-26-50)52-35-31-46(32-36-52)44(5)6/h11-18,21-44H,7-10,19-20H2,1-6H3. The minimum absolute atomic E-state index is 0.457. The van der Waals surface area contributed by atoms with Gasteiger partial charge in [-0.05, 0) is 133 Å². The average molecular weight is 935 g/mol. The number of aromatic nitrogens is 2. The minimum Gasteiger partial charge on any atom is -0.310 e. The molecule has 0 unspecified atom stereocenters. The number of nitrogens with zero attached hydrogens (tertiary/aromatic N) is 4. The van der Waals surface area contributed by atoms with Crippen LogP contribution in [-0.2, 0) is 12.8 Å². The van der Waals surface area contributed by atoms with E-state index >= 15 is 0 Å². The molecular formula is C68H62N4. The smallest absolute Gasteiger partial charge is 0.0641 e. The lowest BCUT2D eigenvalue weighted by atomic mass is 9.99. The zero-order chi connectivity index (χ0) is 48.8. The Morgan fingerprint density at radius 3 is 1.12 bits per heavy atom. The van der Waals surface area contributed by atoms with Crippen LogP contribution in [0.25, 0.3) is 76.2 Å². The Labute approximate surface area is 423 Å². The SMILES string of the molecule is CCCCc1cccc2c3c(N(c4ccccc4)c4ccc(C(C)C)cc4)ccc4c5cc6c(cc5n(c12)c43)c1ccc(N(c2ccccc2)c2ccc(C(C)C)cc2)c2c3cccc(CCCC)c3n6c12. The molecule has 4 aromatic heterocycles. The highest BCUT2D eigenvalue weighted by Crippen LogP contribution is 2.52. The van der Waals surface area contributed by atoms with Crippen LogP contribution in [-0.4, -0.2) is 8.80 Å². The van der Waals surface area contributed by atoms with E-state index in [0.29, 0.717) is 11.8 Å². The molecule has 0 aliphatic carbocycles. The monoisotopic (exact) mass is 934 g/mol. The van der Waals surface area contributed by atoms with E-state index in [0.717, 1.165) is 61.3 Å². The van der Waals surface area contributed by atoms with Gasteiger partial charge in [0, 0.05) is 65.8 Å². The molecule has 0 amide bonds. The molecule has 0 aliphatic rings. The molecule has 4 heterocycles. The van der Waals surface area contributed by atoms with Crippen LogP contribution in [0.15, 0.2) is 182 Å². The van der Waals surface area contributed by atoms with Crippen LogP contribution in [0, 0.1) is 0 Å². The van der Waals surface area contributed by atoms with Crippen LogP contribution in [0.4, 0.5) is 34.1 Å². The Balaban J connectivity index is 1.14. The van der Waals surface area contributed by atoms with Gasteiger partial charge in [0.2, 0.25) is 0 Å². The van der Waals surface area contributed by atoms with Gasteiger partial charge in [-0.3, -0.25) is 0 Å². The van der Waals surface area contributed by atoms with Crippen LogP contribution >= 0.6 is 0 Å². The van der Waals surface area contributed by atoms with Crippen molar-refractivity contribution >= 4 is 110 Å². The highest BCUT2D eigenvalue weighted by atomic mass is 15.2. The maximum atomic E-state index is 2.66. The second-order valence-electron chi connectivity index (χ2n) is 20.9. The molecule has 0 atom stereocenters. The van der Waals surface area contributed by atoms with Gasteiger partial charge in [-0.25, -0.2) is 0 Å².